The highest BCUT2D eigenvalue weighted by Crippen LogP contribution is 2.11. The number of carboxylic acids is 1. The molecule has 100 valence electrons. The van der Waals surface area contributed by atoms with E-state index < -0.39 is 17.9 Å². The highest BCUT2D eigenvalue weighted by atomic mass is 16.4. The molecule has 0 spiro atoms. The van der Waals surface area contributed by atoms with Crippen LogP contribution >= 0.6 is 0 Å². The Labute approximate surface area is 105 Å². The molecule has 0 fully saturated rings. The van der Waals surface area contributed by atoms with Crippen LogP contribution in [0.25, 0.3) is 0 Å². The zero-order valence-corrected chi connectivity index (χ0v) is 11.0. The molecule has 0 aliphatic carbocycles. The second-order valence-electron chi connectivity index (χ2n) is 4.64. The van der Waals surface area contributed by atoms with Crippen molar-refractivity contribution in [2.45, 2.75) is 40.2 Å². The van der Waals surface area contributed by atoms with Crippen molar-refractivity contribution in [3.05, 3.63) is 17.3 Å². The van der Waals surface area contributed by atoms with E-state index in [4.69, 9.17) is 9.52 Å². The summed E-state index contributed by atoms with van der Waals surface area (Å²) in [5.74, 6) is -0.966. The molecule has 0 aromatic carbocycles. The number of hydrogen-bond acceptors (Lipinski definition) is 4. The molecule has 18 heavy (non-hydrogen) atoms. The monoisotopic (exact) mass is 254 g/mol. The zero-order valence-electron chi connectivity index (χ0n) is 11.0. The van der Waals surface area contributed by atoms with Gasteiger partial charge in [-0.15, -0.1) is 0 Å². The number of carboxylic acid groups (broad SMARTS) is 1. The van der Waals surface area contributed by atoms with E-state index in [0.717, 1.165) is 0 Å². The number of aromatic nitrogens is 1. The highest BCUT2D eigenvalue weighted by Gasteiger charge is 2.24. The number of nitrogens with one attached hydrogen (secondary N) is 1. The summed E-state index contributed by atoms with van der Waals surface area (Å²) in [6.07, 6.45) is 0.368. The fourth-order valence-electron chi connectivity index (χ4n) is 1.66. The van der Waals surface area contributed by atoms with E-state index in [2.05, 4.69) is 10.3 Å². The molecule has 0 saturated heterocycles. The van der Waals surface area contributed by atoms with Crippen LogP contribution in [0.15, 0.2) is 4.42 Å². The first-order chi connectivity index (χ1) is 8.31. The van der Waals surface area contributed by atoms with E-state index in [0.29, 0.717) is 18.0 Å². The summed E-state index contributed by atoms with van der Waals surface area (Å²) in [6.45, 7) is 7.06. The molecule has 1 aromatic heterocycles. The second-order valence-corrected chi connectivity index (χ2v) is 4.64. The van der Waals surface area contributed by atoms with Crippen molar-refractivity contribution >= 4 is 11.9 Å². The molecule has 0 saturated carbocycles. The molecule has 1 unspecified atom stereocenters. The third kappa shape index (κ3) is 3.58. The average Bonchev–Trinajstić information content (AvgIpc) is 2.56. The van der Waals surface area contributed by atoms with Gasteiger partial charge in [-0.2, -0.15) is 0 Å². The Bertz CT molecular complexity index is 451. The summed E-state index contributed by atoms with van der Waals surface area (Å²) >= 11 is 0. The molecule has 1 rings (SSSR count). The molecule has 1 heterocycles. The van der Waals surface area contributed by atoms with Crippen LogP contribution in [-0.4, -0.2) is 28.0 Å². The van der Waals surface area contributed by atoms with Crippen LogP contribution in [0.1, 0.15) is 42.4 Å². The van der Waals surface area contributed by atoms with Crippen molar-refractivity contribution in [3.63, 3.8) is 0 Å². The number of aliphatic carboxylic acids is 1. The lowest BCUT2D eigenvalue weighted by Gasteiger charge is -2.15. The lowest BCUT2D eigenvalue weighted by molar-refractivity contribution is -0.139. The predicted molar refractivity (Wildman–Crippen MR) is 64.3 cm³/mol. The zero-order chi connectivity index (χ0) is 13.9. The van der Waals surface area contributed by atoms with Gasteiger partial charge in [-0.3, -0.25) is 4.79 Å². The number of carbonyl (C=O) groups is 2. The number of carbonyl (C=O) groups excluding carboxylic acids is 1. The molecular formula is C12H18N2O4. The van der Waals surface area contributed by atoms with Gasteiger partial charge in [0.2, 0.25) is 5.76 Å². The first-order valence-electron chi connectivity index (χ1n) is 5.79. The van der Waals surface area contributed by atoms with Crippen LogP contribution in [0, 0.1) is 19.8 Å². The Morgan fingerprint density at radius 1 is 1.39 bits per heavy atom. The van der Waals surface area contributed by atoms with Crippen LogP contribution in [0.3, 0.4) is 0 Å². The molecule has 0 bridgehead atoms. The minimum Gasteiger partial charge on any atom is -0.480 e. The lowest BCUT2D eigenvalue weighted by Crippen LogP contribution is -2.41. The van der Waals surface area contributed by atoms with Crippen molar-refractivity contribution in [2.75, 3.05) is 0 Å². The number of rotatable bonds is 5. The van der Waals surface area contributed by atoms with Crippen LogP contribution in [0.5, 0.6) is 0 Å². The molecule has 0 radical (unpaired) electrons. The minimum absolute atomic E-state index is 0.0718. The van der Waals surface area contributed by atoms with Gasteiger partial charge in [0.25, 0.3) is 5.91 Å². The number of oxazole rings is 1. The SMILES string of the molecule is Cc1nc(C)c(C(=O)NC(CC(C)C)C(=O)O)o1. The molecule has 6 heteroatoms. The normalized spacial score (nSPS) is 12.5. The Hall–Kier alpha value is -1.85. The van der Waals surface area contributed by atoms with Gasteiger partial charge in [-0.1, -0.05) is 13.8 Å². The van der Waals surface area contributed by atoms with Crippen LogP contribution in [-0.2, 0) is 4.79 Å². The molecule has 1 amide bonds. The number of aryl methyl sites for hydroxylation is 2. The van der Waals surface area contributed by atoms with E-state index in [1.807, 2.05) is 13.8 Å². The van der Waals surface area contributed by atoms with Gasteiger partial charge in [-0.05, 0) is 19.3 Å². The quantitative estimate of drug-likeness (QED) is 0.831. The molecule has 0 aliphatic rings. The Morgan fingerprint density at radius 3 is 2.39 bits per heavy atom. The van der Waals surface area contributed by atoms with Crippen molar-refractivity contribution < 1.29 is 19.1 Å². The van der Waals surface area contributed by atoms with E-state index in [-0.39, 0.29) is 11.7 Å². The molecule has 2 N–H and O–H groups in total. The third-order valence-electron chi connectivity index (χ3n) is 2.42. The number of nitrogens with zero attached hydrogens (tertiary/aromatic N) is 1. The number of hydrogen-bond donors (Lipinski definition) is 2. The van der Waals surface area contributed by atoms with Crippen LogP contribution in [0.2, 0.25) is 0 Å². The van der Waals surface area contributed by atoms with Gasteiger partial charge >= 0.3 is 5.97 Å². The molecule has 1 atom stereocenters. The molecular weight excluding hydrogens is 236 g/mol. The van der Waals surface area contributed by atoms with Gasteiger partial charge in [0.1, 0.15) is 6.04 Å². The summed E-state index contributed by atoms with van der Waals surface area (Å²) in [5.41, 5.74) is 0.457. The fourth-order valence-corrected chi connectivity index (χ4v) is 1.66. The van der Waals surface area contributed by atoms with Gasteiger partial charge in [-0.25, -0.2) is 9.78 Å². The lowest BCUT2D eigenvalue weighted by atomic mass is 10.0. The summed E-state index contributed by atoms with van der Waals surface area (Å²) in [5, 5.41) is 11.5. The first-order valence-corrected chi connectivity index (χ1v) is 5.79. The van der Waals surface area contributed by atoms with Gasteiger partial charge in [0, 0.05) is 6.92 Å². The smallest absolute Gasteiger partial charge is 0.326 e. The largest absolute Gasteiger partial charge is 0.480 e. The standard InChI is InChI=1S/C12H18N2O4/c1-6(2)5-9(12(16)17)14-11(15)10-7(3)13-8(4)18-10/h6,9H,5H2,1-4H3,(H,14,15)(H,16,17). The summed E-state index contributed by atoms with van der Waals surface area (Å²) in [6, 6.07) is -0.915. The van der Waals surface area contributed by atoms with E-state index in [1.54, 1.807) is 13.8 Å². The minimum atomic E-state index is -1.05. The molecule has 6 nitrogen and oxygen atoms in total. The maximum absolute atomic E-state index is 11.9. The van der Waals surface area contributed by atoms with Crippen molar-refractivity contribution in [3.8, 4) is 0 Å². The Balaban J connectivity index is 2.78. The van der Waals surface area contributed by atoms with Gasteiger partial charge in [0.05, 0.1) is 5.69 Å². The molecule has 0 aliphatic heterocycles. The van der Waals surface area contributed by atoms with Crippen molar-refractivity contribution in [1.82, 2.24) is 10.3 Å². The maximum Gasteiger partial charge on any atom is 0.326 e. The van der Waals surface area contributed by atoms with Crippen molar-refractivity contribution in [1.29, 1.82) is 0 Å². The van der Waals surface area contributed by atoms with Crippen LogP contribution < -0.4 is 5.32 Å². The van der Waals surface area contributed by atoms with E-state index >= 15 is 0 Å². The number of amides is 1. The predicted octanol–water partition coefficient (Wildman–Crippen LogP) is 1.52. The summed E-state index contributed by atoms with van der Waals surface area (Å²) in [7, 11) is 0. The third-order valence-corrected chi connectivity index (χ3v) is 2.42. The average molecular weight is 254 g/mol. The first kappa shape index (κ1) is 14.2. The van der Waals surface area contributed by atoms with Crippen molar-refractivity contribution in [2.24, 2.45) is 5.92 Å². The van der Waals surface area contributed by atoms with Crippen LogP contribution in [0.4, 0.5) is 0 Å². The Morgan fingerprint density at radius 2 is 2.00 bits per heavy atom. The highest BCUT2D eigenvalue weighted by molar-refractivity contribution is 5.95. The van der Waals surface area contributed by atoms with E-state index in [9.17, 15) is 9.59 Å². The maximum atomic E-state index is 11.9. The molecule has 1 aromatic rings. The fraction of sp³-hybridized carbons (Fsp3) is 0.583. The topological polar surface area (TPSA) is 92.4 Å². The summed E-state index contributed by atoms with van der Waals surface area (Å²) in [4.78, 5) is 26.9. The van der Waals surface area contributed by atoms with Gasteiger partial charge < -0.3 is 14.8 Å². The Kier molecular flexibility index (Phi) is 4.47. The second kappa shape index (κ2) is 5.66. The van der Waals surface area contributed by atoms with Gasteiger partial charge in [0.15, 0.2) is 5.89 Å². The summed E-state index contributed by atoms with van der Waals surface area (Å²) < 4.78 is 5.15. The van der Waals surface area contributed by atoms with E-state index in [1.165, 1.54) is 0 Å².